The van der Waals surface area contributed by atoms with E-state index in [0.29, 0.717) is 17.9 Å². The Kier molecular flexibility index (Phi) is 2.11. The summed E-state index contributed by atoms with van der Waals surface area (Å²) in [5.74, 6) is -1.72. The monoisotopic (exact) mass is 214 g/mol. The number of rotatable bonds is 2. The van der Waals surface area contributed by atoms with Crippen molar-refractivity contribution in [1.29, 1.82) is 0 Å². The van der Waals surface area contributed by atoms with Gasteiger partial charge in [0.2, 0.25) is 0 Å². The second-order valence-corrected chi connectivity index (χ2v) is 3.60. The predicted octanol–water partition coefficient (Wildman–Crippen LogP) is -1.22. The SMILES string of the molecule is O=C(O)CN1C(=O)NC2(CCOC2)C1=O. The second kappa shape index (κ2) is 3.20. The quantitative estimate of drug-likeness (QED) is 0.562. The molecule has 2 heterocycles. The van der Waals surface area contributed by atoms with Crippen molar-refractivity contribution in [1.82, 2.24) is 10.2 Å². The van der Waals surface area contributed by atoms with Crippen molar-refractivity contribution in [3.63, 3.8) is 0 Å². The molecule has 7 heteroatoms. The van der Waals surface area contributed by atoms with Crippen molar-refractivity contribution in [2.24, 2.45) is 0 Å². The maximum atomic E-state index is 11.8. The number of carbonyl (C=O) groups is 3. The minimum atomic E-state index is -1.21. The van der Waals surface area contributed by atoms with Crippen LogP contribution in [0.2, 0.25) is 0 Å². The lowest BCUT2D eigenvalue weighted by atomic mass is 9.99. The Bertz CT molecular complexity index is 334. The smallest absolute Gasteiger partial charge is 0.325 e. The number of hydrogen-bond acceptors (Lipinski definition) is 4. The first-order valence-corrected chi connectivity index (χ1v) is 4.49. The van der Waals surface area contributed by atoms with Crippen LogP contribution in [0.15, 0.2) is 0 Å². The van der Waals surface area contributed by atoms with Gasteiger partial charge in [-0.05, 0) is 0 Å². The Hall–Kier alpha value is -1.63. The lowest BCUT2D eigenvalue weighted by Crippen LogP contribution is -2.47. The first kappa shape index (κ1) is 9.91. The lowest BCUT2D eigenvalue weighted by molar-refractivity contribution is -0.142. The third-order valence-corrected chi connectivity index (χ3v) is 2.56. The highest BCUT2D eigenvalue weighted by Gasteiger charge is 2.53. The second-order valence-electron chi connectivity index (χ2n) is 3.60. The van der Waals surface area contributed by atoms with Gasteiger partial charge in [-0.25, -0.2) is 4.79 Å². The summed E-state index contributed by atoms with van der Waals surface area (Å²) in [6.07, 6.45) is 0.397. The summed E-state index contributed by atoms with van der Waals surface area (Å²) >= 11 is 0. The first-order chi connectivity index (χ1) is 7.05. The van der Waals surface area contributed by atoms with Gasteiger partial charge >= 0.3 is 12.0 Å². The Balaban J connectivity index is 2.19. The van der Waals surface area contributed by atoms with Gasteiger partial charge < -0.3 is 15.2 Å². The van der Waals surface area contributed by atoms with E-state index < -0.39 is 30.0 Å². The number of hydrogen-bond donors (Lipinski definition) is 2. The maximum absolute atomic E-state index is 11.8. The normalized spacial score (nSPS) is 30.0. The third-order valence-electron chi connectivity index (χ3n) is 2.56. The molecule has 1 atom stereocenters. The standard InChI is InChI=1S/C8H10N2O5/c11-5(12)3-10-6(13)8(9-7(10)14)1-2-15-4-8/h1-4H2,(H,9,14)(H,11,12). The molecule has 0 saturated carbocycles. The fraction of sp³-hybridized carbons (Fsp3) is 0.625. The van der Waals surface area contributed by atoms with Gasteiger partial charge in [-0.2, -0.15) is 0 Å². The van der Waals surface area contributed by atoms with Gasteiger partial charge in [0, 0.05) is 13.0 Å². The number of ether oxygens (including phenoxy) is 1. The van der Waals surface area contributed by atoms with Crippen LogP contribution in [0.5, 0.6) is 0 Å². The van der Waals surface area contributed by atoms with E-state index in [1.807, 2.05) is 0 Å². The van der Waals surface area contributed by atoms with Crippen LogP contribution in [0.4, 0.5) is 4.79 Å². The Morgan fingerprint density at radius 1 is 1.60 bits per heavy atom. The minimum absolute atomic E-state index is 0.119. The summed E-state index contributed by atoms with van der Waals surface area (Å²) in [4.78, 5) is 34.3. The van der Waals surface area contributed by atoms with Gasteiger partial charge in [-0.3, -0.25) is 14.5 Å². The highest BCUT2D eigenvalue weighted by molar-refractivity contribution is 6.08. The molecule has 82 valence electrons. The van der Waals surface area contributed by atoms with E-state index >= 15 is 0 Å². The molecule has 0 bridgehead atoms. The molecule has 2 N–H and O–H groups in total. The summed E-state index contributed by atoms with van der Waals surface area (Å²) in [6.45, 7) is -0.0902. The van der Waals surface area contributed by atoms with Crippen molar-refractivity contribution in [3.8, 4) is 0 Å². The Morgan fingerprint density at radius 2 is 2.33 bits per heavy atom. The number of carboxylic acids is 1. The fourth-order valence-electron chi connectivity index (χ4n) is 1.79. The van der Waals surface area contributed by atoms with Gasteiger partial charge in [0.25, 0.3) is 5.91 Å². The van der Waals surface area contributed by atoms with Gasteiger partial charge in [0.1, 0.15) is 12.1 Å². The number of urea groups is 1. The molecule has 2 fully saturated rings. The molecule has 7 nitrogen and oxygen atoms in total. The number of nitrogens with zero attached hydrogens (tertiary/aromatic N) is 1. The molecule has 2 aliphatic rings. The lowest BCUT2D eigenvalue weighted by Gasteiger charge is -2.17. The average molecular weight is 214 g/mol. The van der Waals surface area contributed by atoms with Gasteiger partial charge in [-0.1, -0.05) is 0 Å². The van der Waals surface area contributed by atoms with Crippen LogP contribution in [0, 0.1) is 0 Å². The van der Waals surface area contributed by atoms with E-state index in [0.717, 1.165) is 0 Å². The highest BCUT2D eigenvalue weighted by atomic mass is 16.5. The molecule has 2 rings (SSSR count). The van der Waals surface area contributed by atoms with Crippen LogP contribution in [0.3, 0.4) is 0 Å². The topological polar surface area (TPSA) is 95.9 Å². The van der Waals surface area contributed by atoms with Crippen LogP contribution < -0.4 is 5.32 Å². The maximum Gasteiger partial charge on any atom is 0.325 e. The summed E-state index contributed by atoms with van der Waals surface area (Å²) in [7, 11) is 0. The number of nitrogens with one attached hydrogen (secondary N) is 1. The van der Waals surface area contributed by atoms with E-state index in [4.69, 9.17) is 9.84 Å². The van der Waals surface area contributed by atoms with Crippen molar-refractivity contribution in [2.75, 3.05) is 19.8 Å². The molecular formula is C8H10N2O5. The van der Waals surface area contributed by atoms with E-state index in [1.165, 1.54) is 0 Å². The molecule has 3 amide bonds. The van der Waals surface area contributed by atoms with Gasteiger partial charge in [-0.15, -0.1) is 0 Å². The largest absolute Gasteiger partial charge is 0.480 e. The van der Waals surface area contributed by atoms with Crippen LogP contribution >= 0.6 is 0 Å². The molecule has 0 aliphatic carbocycles. The Labute approximate surface area is 85.0 Å². The molecule has 0 aromatic rings. The molecule has 2 saturated heterocycles. The number of carboxylic acid groups (broad SMARTS) is 1. The van der Waals surface area contributed by atoms with E-state index in [9.17, 15) is 14.4 Å². The highest BCUT2D eigenvalue weighted by Crippen LogP contribution is 2.26. The van der Waals surface area contributed by atoms with E-state index in [-0.39, 0.29) is 6.61 Å². The van der Waals surface area contributed by atoms with E-state index in [1.54, 1.807) is 0 Å². The predicted molar refractivity (Wildman–Crippen MR) is 46.0 cm³/mol. The zero-order chi connectivity index (χ0) is 11.1. The summed E-state index contributed by atoms with van der Waals surface area (Å²) in [5.41, 5.74) is -1.02. The summed E-state index contributed by atoms with van der Waals surface area (Å²) in [6, 6.07) is -0.659. The molecule has 1 unspecified atom stereocenters. The molecule has 15 heavy (non-hydrogen) atoms. The zero-order valence-electron chi connectivity index (χ0n) is 7.86. The molecule has 2 aliphatic heterocycles. The van der Waals surface area contributed by atoms with Crippen molar-refractivity contribution < 1.29 is 24.2 Å². The molecule has 0 radical (unpaired) electrons. The fourth-order valence-corrected chi connectivity index (χ4v) is 1.79. The number of amides is 3. The number of aliphatic carboxylic acids is 1. The number of imide groups is 1. The third kappa shape index (κ3) is 1.44. The van der Waals surface area contributed by atoms with Crippen LogP contribution in [0.25, 0.3) is 0 Å². The van der Waals surface area contributed by atoms with Gasteiger partial charge in [0.05, 0.1) is 6.61 Å². The average Bonchev–Trinajstić information content (AvgIpc) is 2.69. The van der Waals surface area contributed by atoms with Crippen LogP contribution in [-0.2, 0) is 14.3 Å². The van der Waals surface area contributed by atoms with Crippen LogP contribution in [0.1, 0.15) is 6.42 Å². The van der Waals surface area contributed by atoms with E-state index in [2.05, 4.69) is 5.32 Å². The van der Waals surface area contributed by atoms with Crippen molar-refractivity contribution in [2.45, 2.75) is 12.0 Å². The molecule has 0 aromatic heterocycles. The number of carbonyl (C=O) groups excluding carboxylic acids is 2. The van der Waals surface area contributed by atoms with Crippen molar-refractivity contribution in [3.05, 3.63) is 0 Å². The Morgan fingerprint density at radius 3 is 2.87 bits per heavy atom. The minimum Gasteiger partial charge on any atom is -0.480 e. The molecular weight excluding hydrogens is 204 g/mol. The summed E-state index contributed by atoms with van der Waals surface area (Å²) in [5, 5.41) is 11.0. The van der Waals surface area contributed by atoms with Gasteiger partial charge in [0.15, 0.2) is 0 Å². The summed E-state index contributed by atoms with van der Waals surface area (Å²) < 4.78 is 5.04. The first-order valence-electron chi connectivity index (χ1n) is 4.49. The van der Waals surface area contributed by atoms with Crippen LogP contribution in [-0.4, -0.2) is 53.2 Å². The zero-order valence-corrected chi connectivity index (χ0v) is 7.86. The van der Waals surface area contributed by atoms with Crippen molar-refractivity contribution >= 4 is 17.9 Å². The molecule has 1 spiro atoms. The molecule has 0 aromatic carbocycles.